The number of thioether (sulfide) groups is 1. The number of nitrogens with two attached hydrogens (primary N) is 1. The number of hydrogen-bond acceptors (Lipinski definition) is 8. The lowest BCUT2D eigenvalue weighted by Crippen LogP contribution is -2.31. The maximum Gasteiger partial charge on any atom is 0.335 e. The molecule has 2 amide bonds. The summed E-state index contributed by atoms with van der Waals surface area (Å²) in [5.41, 5.74) is 10.4. The van der Waals surface area contributed by atoms with Crippen LogP contribution in [0.1, 0.15) is 71.5 Å². The molecule has 11 heteroatoms. The van der Waals surface area contributed by atoms with Crippen molar-refractivity contribution in [3.05, 3.63) is 119 Å². The lowest BCUT2D eigenvalue weighted by atomic mass is 10.0. The van der Waals surface area contributed by atoms with E-state index < -0.39 is 12.3 Å². The zero-order valence-corrected chi connectivity index (χ0v) is 27.2. The number of hydrogen-bond donors (Lipinski definition) is 5. The van der Waals surface area contributed by atoms with Gasteiger partial charge in [0.05, 0.1) is 35.8 Å². The molecule has 1 aliphatic rings. The summed E-state index contributed by atoms with van der Waals surface area (Å²) >= 11 is 1.59. The van der Waals surface area contributed by atoms with E-state index in [2.05, 4.69) is 10.6 Å². The number of amides is 2. The molecule has 10 nitrogen and oxygen atoms in total. The van der Waals surface area contributed by atoms with Crippen LogP contribution < -0.4 is 16.4 Å². The third-order valence-electron chi connectivity index (χ3n) is 7.91. The zero-order chi connectivity index (χ0) is 33.9. The second-order valence-electron chi connectivity index (χ2n) is 11.5. The summed E-state index contributed by atoms with van der Waals surface area (Å²) in [6, 6.07) is 28.9. The summed E-state index contributed by atoms with van der Waals surface area (Å²) in [6.07, 6.45) is 1.26. The van der Waals surface area contributed by atoms with Gasteiger partial charge in [-0.1, -0.05) is 48.5 Å². The average molecular weight is 670 g/mol. The van der Waals surface area contributed by atoms with E-state index >= 15 is 0 Å². The van der Waals surface area contributed by atoms with E-state index in [-0.39, 0.29) is 42.6 Å². The number of unbranched alkanes of at least 4 members (excludes halogenated alkanes) is 1. The van der Waals surface area contributed by atoms with Crippen molar-refractivity contribution in [1.29, 1.82) is 0 Å². The molecule has 0 aliphatic carbocycles. The molecule has 1 fully saturated rings. The molecule has 4 aromatic rings. The van der Waals surface area contributed by atoms with Gasteiger partial charge in [0.1, 0.15) is 0 Å². The number of aliphatic hydroxyl groups excluding tert-OH is 1. The number of nitrogens with one attached hydrogen (secondary N) is 2. The van der Waals surface area contributed by atoms with Crippen molar-refractivity contribution in [1.82, 2.24) is 0 Å². The molecule has 3 atom stereocenters. The Morgan fingerprint density at radius 3 is 2.08 bits per heavy atom. The standard InChI is InChI=1S/C37H39N3O7S/c38-31-5-1-2-6-32(31)40-35(43)8-4-3-7-34(42)39-28-17-13-27(14-18-28)37-46-29(23-48-30-19-15-26(16-20-30)36(44)45)21-33(47-37)25-11-9-24(22-41)10-12-25/h1-2,5-6,9-20,29,33,37,41H,3-4,7-8,21-23,38H2,(H,39,42)(H,40,43)(H,44,45)/t29-,33+,37+/m1/s1. The number of rotatable bonds is 14. The molecule has 0 aromatic heterocycles. The third kappa shape index (κ3) is 9.91. The minimum atomic E-state index is -0.963. The Bertz CT molecular complexity index is 1680. The summed E-state index contributed by atoms with van der Waals surface area (Å²) in [5.74, 6) is -0.612. The molecule has 250 valence electrons. The Hall–Kier alpha value is -4.68. The number of benzene rings is 4. The van der Waals surface area contributed by atoms with Crippen molar-refractivity contribution < 1.29 is 34.1 Å². The molecule has 0 radical (unpaired) electrons. The van der Waals surface area contributed by atoms with Crippen LogP contribution in [0.3, 0.4) is 0 Å². The smallest absolute Gasteiger partial charge is 0.335 e. The Labute approximate surface area is 283 Å². The van der Waals surface area contributed by atoms with Gasteiger partial charge in [-0.2, -0.15) is 0 Å². The van der Waals surface area contributed by atoms with Gasteiger partial charge in [-0.15, -0.1) is 11.8 Å². The molecule has 0 unspecified atom stereocenters. The Balaban J connectivity index is 1.15. The molecule has 1 saturated heterocycles. The van der Waals surface area contributed by atoms with Crippen LogP contribution in [0.15, 0.2) is 102 Å². The lowest BCUT2D eigenvalue weighted by Gasteiger charge is -2.36. The molecule has 0 bridgehead atoms. The van der Waals surface area contributed by atoms with Crippen LogP contribution in [0.5, 0.6) is 0 Å². The SMILES string of the molecule is Nc1ccccc1NC(=O)CCCCC(=O)Nc1ccc([C@H]2O[C@@H](CSc3ccc(C(=O)O)cc3)C[C@@H](c3ccc(CO)cc3)O2)cc1. The number of carboxylic acid groups (broad SMARTS) is 1. The number of para-hydroxylation sites is 2. The van der Waals surface area contributed by atoms with Crippen LogP contribution in [0.4, 0.5) is 17.1 Å². The van der Waals surface area contributed by atoms with E-state index in [4.69, 9.17) is 15.2 Å². The molecule has 48 heavy (non-hydrogen) atoms. The molecule has 0 saturated carbocycles. The predicted molar refractivity (Wildman–Crippen MR) is 186 cm³/mol. The van der Waals surface area contributed by atoms with Gasteiger partial charge in [-0.25, -0.2) is 4.79 Å². The van der Waals surface area contributed by atoms with Crippen molar-refractivity contribution >= 4 is 46.6 Å². The number of anilines is 3. The predicted octanol–water partition coefficient (Wildman–Crippen LogP) is 6.93. The van der Waals surface area contributed by atoms with Crippen LogP contribution in [0.25, 0.3) is 0 Å². The molecular weight excluding hydrogens is 630 g/mol. The summed E-state index contributed by atoms with van der Waals surface area (Å²) in [6.45, 7) is -0.0395. The van der Waals surface area contributed by atoms with Crippen molar-refractivity contribution in [3.8, 4) is 0 Å². The van der Waals surface area contributed by atoms with Crippen LogP contribution in [-0.4, -0.2) is 39.9 Å². The van der Waals surface area contributed by atoms with Crippen LogP contribution in [0.2, 0.25) is 0 Å². The topological polar surface area (TPSA) is 160 Å². The molecule has 1 heterocycles. The summed E-state index contributed by atoms with van der Waals surface area (Å²) in [7, 11) is 0. The molecule has 6 N–H and O–H groups in total. The van der Waals surface area contributed by atoms with Crippen molar-refractivity contribution in [2.75, 3.05) is 22.1 Å². The molecular formula is C37H39N3O7S. The maximum absolute atomic E-state index is 12.6. The average Bonchev–Trinajstić information content (AvgIpc) is 3.10. The molecule has 0 spiro atoms. The Morgan fingerprint density at radius 2 is 1.44 bits per heavy atom. The van der Waals surface area contributed by atoms with Crippen molar-refractivity contribution in [2.24, 2.45) is 0 Å². The van der Waals surface area contributed by atoms with E-state index in [0.717, 1.165) is 21.6 Å². The zero-order valence-electron chi connectivity index (χ0n) is 26.3. The number of aliphatic hydroxyl groups is 1. The highest BCUT2D eigenvalue weighted by atomic mass is 32.2. The monoisotopic (exact) mass is 669 g/mol. The highest BCUT2D eigenvalue weighted by Gasteiger charge is 2.32. The fourth-order valence-electron chi connectivity index (χ4n) is 5.25. The van der Waals surface area contributed by atoms with Crippen LogP contribution >= 0.6 is 11.8 Å². The quantitative estimate of drug-likeness (QED) is 0.0545. The van der Waals surface area contributed by atoms with E-state index in [1.165, 1.54) is 0 Å². The largest absolute Gasteiger partial charge is 0.478 e. The second-order valence-corrected chi connectivity index (χ2v) is 12.6. The normalized spacial score (nSPS) is 17.4. The second kappa shape index (κ2) is 16.9. The highest BCUT2D eigenvalue weighted by molar-refractivity contribution is 7.99. The van der Waals surface area contributed by atoms with Gasteiger partial charge in [-0.3, -0.25) is 9.59 Å². The van der Waals surface area contributed by atoms with Crippen molar-refractivity contribution in [3.63, 3.8) is 0 Å². The van der Waals surface area contributed by atoms with Gasteiger partial charge in [0, 0.05) is 41.2 Å². The molecule has 4 aromatic carbocycles. The third-order valence-corrected chi connectivity index (χ3v) is 9.06. The van der Waals surface area contributed by atoms with E-state index in [0.29, 0.717) is 48.5 Å². The fourth-order valence-corrected chi connectivity index (χ4v) is 6.17. The highest BCUT2D eigenvalue weighted by Crippen LogP contribution is 2.39. The van der Waals surface area contributed by atoms with Gasteiger partial charge in [0.2, 0.25) is 11.8 Å². The minimum absolute atomic E-state index is 0.0395. The number of carboxylic acids is 1. The summed E-state index contributed by atoms with van der Waals surface area (Å²) in [5, 5.41) is 24.4. The van der Waals surface area contributed by atoms with Gasteiger partial charge in [0.25, 0.3) is 0 Å². The van der Waals surface area contributed by atoms with Gasteiger partial charge in [-0.05, 0) is 72.5 Å². The van der Waals surface area contributed by atoms with E-state index in [9.17, 15) is 24.6 Å². The van der Waals surface area contributed by atoms with Crippen LogP contribution in [-0.2, 0) is 25.7 Å². The van der Waals surface area contributed by atoms with Crippen LogP contribution in [0, 0.1) is 0 Å². The summed E-state index contributed by atoms with van der Waals surface area (Å²) < 4.78 is 12.8. The number of carbonyl (C=O) groups excluding carboxylic acids is 2. The van der Waals surface area contributed by atoms with E-state index in [1.54, 1.807) is 60.3 Å². The van der Waals surface area contributed by atoms with E-state index in [1.807, 2.05) is 48.5 Å². The number of carbonyl (C=O) groups is 3. The first-order valence-corrected chi connectivity index (χ1v) is 16.8. The first kappa shape index (κ1) is 34.6. The van der Waals surface area contributed by atoms with Gasteiger partial charge in [0.15, 0.2) is 6.29 Å². The Kier molecular flexibility index (Phi) is 12.2. The first-order chi connectivity index (χ1) is 23.3. The molecule has 1 aliphatic heterocycles. The lowest BCUT2D eigenvalue weighted by molar-refractivity contribution is -0.245. The van der Waals surface area contributed by atoms with Crippen molar-refractivity contribution in [2.45, 2.75) is 62.1 Å². The number of aromatic carboxylic acids is 1. The minimum Gasteiger partial charge on any atom is -0.478 e. The van der Waals surface area contributed by atoms with Gasteiger partial charge >= 0.3 is 5.97 Å². The molecule has 5 rings (SSSR count). The Morgan fingerprint density at radius 1 is 0.792 bits per heavy atom. The maximum atomic E-state index is 12.6. The van der Waals surface area contributed by atoms with Gasteiger partial charge < -0.3 is 36.1 Å². The first-order valence-electron chi connectivity index (χ1n) is 15.8. The number of nitrogen functional groups attached to an aromatic ring is 1. The fraction of sp³-hybridized carbons (Fsp3) is 0.270. The number of ether oxygens (including phenoxy) is 2. The summed E-state index contributed by atoms with van der Waals surface area (Å²) in [4.78, 5) is 37.0.